The summed E-state index contributed by atoms with van der Waals surface area (Å²) in [5, 5.41) is 18.9. The van der Waals surface area contributed by atoms with Crippen LogP contribution in [0.4, 0.5) is 11.4 Å². The van der Waals surface area contributed by atoms with E-state index >= 15 is 0 Å². The largest absolute Gasteiger partial charge is 0.326 e. The lowest BCUT2D eigenvalue weighted by atomic mass is 10.2. The number of aryl methyl sites for hydroxylation is 1. The lowest BCUT2D eigenvalue weighted by Gasteiger charge is -2.13. The second-order valence-corrected chi connectivity index (χ2v) is 8.71. The number of anilines is 1. The van der Waals surface area contributed by atoms with E-state index in [4.69, 9.17) is 0 Å². The number of nitrogens with zero attached hydrogens (tertiary/aromatic N) is 5. The van der Waals surface area contributed by atoms with Gasteiger partial charge in [0.15, 0.2) is 10.8 Å². The quantitative estimate of drug-likeness (QED) is 0.273. The lowest BCUT2D eigenvalue weighted by Crippen LogP contribution is -2.27. The molecule has 3 heterocycles. The van der Waals surface area contributed by atoms with Gasteiger partial charge in [-0.05, 0) is 25.1 Å². The van der Waals surface area contributed by atoms with Crippen LogP contribution in [-0.4, -0.2) is 35.9 Å². The summed E-state index contributed by atoms with van der Waals surface area (Å²) in [4.78, 5) is 40.9. The summed E-state index contributed by atoms with van der Waals surface area (Å²) in [5.74, 6) is 0.186. The number of thioether (sulfide) groups is 1. The van der Waals surface area contributed by atoms with E-state index in [0.29, 0.717) is 27.6 Å². The van der Waals surface area contributed by atoms with Crippen LogP contribution in [0.5, 0.6) is 0 Å². The Morgan fingerprint density at radius 1 is 1.27 bits per heavy atom. The number of rotatable bonds is 5. The van der Waals surface area contributed by atoms with Crippen LogP contribution < -0.4 is 10.9 Å². The number of carbonyl (C=O) groups excluding carboxylic acids is 1. The summed E-state index contributed by atoms with van der Waals surface area (Å²) in [5.41, 5.74) is 2.38. The monoisotopic (exact) mass is 462 g/mol. The van der Waals surface area contributed by atoms with Gasteiger partial charge in [-0.25, -0.2) is 9.67 Å². The fourth-order valence-electron chi connectivity index (χ4n) is 3.78. The van der Waals surface area contributed by atoms with Crippen molar-refractivity contribution in [3.63, 3.8) is 0 Å². The molecule has 11 heteroatoms. The second-order valence-electron chi connectivity index (χ2n) is 7.72. The maximum Gasteiger partial charge on any atom is 0.271 e. The molecular formula is C22H18N6O4S. The van der Waals surface area contributed by atoms with Crippen molar-refractivity contribution in [3.05, 3.63) is 80.8 Å². The maximum absolute atomic E-state index is 13.2. The second kappa shape index (κ2) is 8.17. The van der Waals surface area contributed by atoms with E-state index in [1.807, 2.05) is 31.2 Å². The van der Waals surface area contributed by atoms with Crippen LogP contribution in [0.3, 0.4) is 0 Å². The molecule has 5 rings (SSSR count). The van der Waals surface area contributed by atoms with E-state index in [1.54, 1.807) is 15.3 Å². The summed E-state index contributed by atoms with van der Waals surface area (Å²) in [6.45, 7) is 1.99. The molecule has 0 fully saturated rings. The summed E-state index contributed by atoms with van der Waals surface area (Å²) >= 11 is 1.41. The third-order valence-corrected chi connectivity index (χ3v) is 6.51. The third-order valence-electron chi connectivity index (χ3n) is 5.41. The van der Waals surface area contributed by atoms with Crippen LogP contribution >= 0.6 is 11.8 Å². The fourth-order valence-corrected chi connectivity index (χ4v) is 4.91. The fraction of sp³-hybridized carbons (Fsp3) is 0.182. The molecular weight excluding hydrogens is 444 g/mol. The standard InChI is InChI=1S/C22H18N6O4S/c1-13-5-7-15(8-6-13)27-20-18(11-23-27)21(30)26-17(12-33-22(26)25-20)10-19(29)24-14-3-2-4-16(9-14)28(31)32/h2-9,11,17H,10,12H2,1H3,(H,24,29). The minimum atomic E-state index is -0.521. The smallest absolute Gasteiger partial charge is 0.271 e. The average molecular weight is 462 g/mol. The van der Waals surface area contributed by atoms with Crippen LogP contribution in [0, 0.1) is 17.0 Å². The van der Waals surface area contributed by atoms with Gasteiger partial charge >= 0.3 is 0 Å². The molecule has 0 spiro atoms. The van der Waals surface area contributed by atoms with Gasteiger partial charge in [0.05, 0.1) is 22.8 Å². The van der Waals surface area contributed by atoms with Gasteiger partial charge in [0.1, 0.15) is 5.39 Å². The molecule has 1 N–H and O–H groups in total. The van der Waals surface area contributed by atoms with Crippen LogP contribution in [0.25, 0.3) is 16.7 Å². The molecule has 2 aromatic heterocycles. The van der Waals surface area contributed by atoms with Gasteiger partial charge in [-0.1, -0.05) is 35.5 Å². The number of hydrogen-bond acceptors (Lipinski definition) is 7. The summed E-state index contributed by atoms with van der Waals surface area (Å²) < 4.78 is 3.18. The highest BCUT2D eigenvalue weighted by molar-refractivity contribution is 7.99. The van der Waals surface area contributed by atoms with Crippen molar-refractivity contribution in [3.8, 4) is 5.69 Å². The summed E-state index contributed by atoms with van der Waals surface area (Å²) in [7, 11) is 0. The normalized spacial score (nSPS) is 14.9. The molecule has 1 atom stereocenters. The highest BCUT2D eigenvalue weighted by atomic mass is 32.2. The number of amides is 1. The van der Waals surface area contributed by atoms with Gasteiger partial charge in [0.2, 0.25) is 5.91 Å². The SMILES string of the molecule is Cc1ccc(-n2ncc3c(=O)n4c(nc32)SCC4CC(=O)Nc2cccc([N+](=O)[O-])c2)cc1. The van der Waals surface area contributed by atoms with Crippen LogP contribution in [0.15, 0.2) is 64.7 Å². The molecule has 2 aromatic carbocycles. The van der Waals surface area contributed by atoms with Crippen molar-refractivity contribution in [2.45, 2.75) is 24.5 Å². The first-order valence-corrected chi connectivity index (χ1v) is 11.1. The number of benzene rings is 2. The summed E-state index contributed by atoms with van der Waals surface area (Å²) in [6, 6.07) is 13.1. The van der Waals surface area contributed by atoms with Crippen LogP contribution in [-0.2, 0) is 4.79 Å². The lowest BCUT2D eigenvalue weighted by molar-refractivity contribution is -0.384. The highest BCUT2D eigenvalue weighted by Crippen LogP contribution is 2.33. The maximum atomic E-state index is 13.2. The molecule has 1 amide bonds. The van der Waals surface area contributed by atoms with Crippen molar-refractivity contribution in [1.82, 2.24) is 19.3 Å². The van der Waals surface area contributed by atoms with E-state index in [1.165, 1.54) is 36.2 Å². The minimum absolute atomic E-state index is 0.0435. The number of carbonyl (C=O) groups is 1. The van der Waals surface area contributed by atoms with Crippen molar-refractivity contribution >= 4 is 40.1 Å². The number of fused-ring (bicyclic) bond motifs is 2. The molecule has 33 heavy (non-hydrogen) atoms. The Morgan fingerprint density at radius 2 is 2.06 bits per heavy atom. The van der Waals surface area contributed by atoms with E-state index in [-0.39, 0.29) is 29.6 Å². The first kappa shape index (κ1) is 20.9. The Labute approximate surface area is 191 Å². The molecule has 1 aliphatic heterocycles. The molecule has 4 aromatic rings. The van der Waals surface area contributed by atoms with Crippen LogP contribution in [0.1, 0.15) is 18.0 Å². The molecule has 166 valence electrons. The molecule has 10 nitrogen and oxygen atoms in total. The Balaban J connectivity index is 1.41. The third kappa shape index (κ3) is 3.87. The topological polar surface area (TPSA) is 125 Å². The Morgan fingerprint density at radius 3 is 2.82 bits per heavy atom. The number of non-ortho nitro benzene ring substituents is 1. The Hall–Kier alpha value is -3.99. The van der Waals surface area contributed by atoms with Crippen molar-refractivity contribution in [2.75, 3.05) is 11.1 Å². The van der Waals surface area contributed by atoms with Crippen molar-refractivity contribution in [2.24, 2.45) is 0 Å². The number of aromatic nitrogens is 4. The number of hydrogen-bond donors (Lipinski definition) is 1. The van der Waals surface area contributed by atoms with E-state index in [0.717, 1.165) is 11.3 Å². The minimum Gasteiger partial charge on any atom is -0.326 e. The van der Waals surface area contributed by atoms with Crippen LogP contribution in [0.2, 0.25) is 0 Å². The highest BCUT2D eigenvalue weighted by Gasteiger charge is 2.29. The van der Waals surface area contributed by atoms with E-state index in [9.17, 15) is 19.7 Å². The molecule has 0 saturated heterocycles. The van der Waals surface area contributed by atoms with Crippen molar-refractivity contribution in [1.29, 1.82) is 0 Å². The molecule has 1 unspecified atom stereocenters. The number of nitrogens with one attached hydrogen (secondary N) is 1. The van der Waals surface area contributed by atoms with E-state index in [2.05, 4.69) is 15.4 Å². The molecule has 0 radical (unpaired) electrons. The average Bonchev–Trinajstić information content (AvgIpc) is 3.39. The first-order chi connectivity index (χ1) is 15.9. The zero-order valence-corrected chi connectivity index (χ0v) is 18.3. The number of nitro groups is 1. The van der Waals surface area contributed by atoms with Gasteiger partial charge in [0, 0.05) is 30.0 Å². The van der Waals surface area contributed by atoms with Gasteiger partial charge in [0.25, 0.3) is 11.2 Å². The molecule has 0 saturated carbocycles. The first-order valence-electron chi connectivity index (χ1n) is 10.1. The molecule has 0 aliphatic carbocycles. The zero-order valence-electron chi connectivity index (χ0n) is 17.5. The van der Waals surface area contributed by atoms with E-state index < -0.39 is 4.92 Å². The van der Waals surface area contributed by atoms with Crippen molar-refractivity contribution < 1.29 is 9.72 Å². The van der Waals surface area contributed by atoms with Gasteiger partial charge < -0.3 is 5.32 Å². The molecule has 1 aliphatic rings. The Bertz CT molecular complexity index is 1460. The predicted octanol–water partition coefficient (Wildman–Crippen LogP) is 3.47. The summed E-state index contributed by atoms with van der Waals surface area (Å²) in [6.07, 6.45) is 1.54. The molecule has 0 bridgehead atoms. The van der Waals surface area contributed by atoms with Gasteiger partial charge in [-0.2, -0.15) is 5.10 Å². The predicted molar refractivity (Wildman–Crippen MR) is 124 cm³/mol. The Kier molecular flexibility index (Phi) is 5.17. The number of nitro benzene ring substituents is 1. The zero-order chi connectivity index (χ0) is 23.1. The van der Waals surface area contributed by atoms with Gasteiger partial charge in [-0.3, -0.25) is 24.3 Å². The van der Waals surface area contributed by atoms with Gasteiger partial charge in [-0.15, -0.1) is 0 Å².